The highest BCUT2D eigenvalue weighted by molar-refractivity contribution is 5.40. The van der Waals surface area contributed by atoms with E-state index in [0.717, 1.165) is 11.5 Å². The van der Waals surface area contributed by atoms with Crippen molar-refractivity contribution in [1.29, 1.82) is 5.41 Å². The van der Waals surface area contributed by atoms with Crippen LogP contribution < -0.4 is 16.5 Å². The Bertz CT molecular complexity index is 389. The van der Waals surface area contributed by atoms with Crippen LogP contribution in [0.5, 0.6) is 0 Å². The lowest BCUT2D eigenvalue weighted by atomic mass is 10.4. The van der Waals surface area contributed by atoms with Crippen molar-refractivity contribution >= 4 is 5.82 Å². The molecule has 4 N–H and O–H groups in total. The molecule has 1 aromatic heterocycles. The molecule has 0 amide bonds. The first-order valence-electron chi connectivity index (χ1n) is 3.58. The summed E-state index contributed by atoms with van der Waals surface area (Å²) in [5, 5.41) is 10.2. The molecule has 1 aromatic rings. The highest BCUT2D eigenvalue weighted by atomic mass is 15.2. The maximum Gasteiger partial charge on any atom is 0.149 e. The highest BCUT2D eigenvalue weighted by Gasteiger charge is 2.04. The number of hydrogen-bond acceptors (Lipinski definition) is 4. The van der Waals surface area contributed by atoms with Gasteiger partial charge >= 0.3 is 0 Å². The summed E-state index contributed by atoms with van der Waals surface area (Å²) in [6, 6.07) is 1.66. The molecule has 0 bridgehead atoms. The van der Waals surface area contributed by atoms with Gasteiger partial charge in [-0.15, -0.1) is 0 Å². The fraction of sp³-hybridized carbons (Fsp3) is 0.143. The number of nitrogens with one attached hydrogen (secondary N) is 2. The largest absolute Gasteiger partial charge is 0.399 e. The molecule has 0 saturated heterocycles. The Labute approximate surface area is 69.1 Å². The first-order valence-corrected chi connectivity index (χ1v) is 3.58. The minimum Gasteiger partial charge on any atom is -0.399 e. The topological polar surface area (TPSA) is 79.7 Å². The van der Waals surface area contributed by atoms with E-state index >= 15 is 0 Å². The maximum atomic E-state index is 7.27. The van der Waals surface area contributed by atoms with Gasteiger partial charge in [0.15, 0.2) is 0 Å². The van der Waals surface area contributed by atoms with Gasteiger partial charge in [-0.05, 0) is 0 Å². The van der Waals surface area contributed by atoms with E-state index in [1.165, 1.54) is 0 Å². The third kappa shape index (κ3) is 1.05. The van der Waals surface area contributed by atoms with Crippen LogP contribution in [0, 0.1) is 5.41 Å². The smallest absolute Gasteiger partial charge is 0.149 e. The van der Waals surface area contributed by atoms with Gasteiger partial charge in [-0.25, -0.2) is 4.98 Å². The lowest BCUT2D eigenvalue weighted by Gasteiger charge is -2.17. The summed E-state index contributed by atoms with van der Waals surface area (Å²) in [5.41, 5.74) is 6.60. The molecular formula is C7H9N5. The van der Waals surface area contributed by atoms with E-state index in [4.69, 9.17) is 11.1 Å². The third-order valence-electron chi connectivity index (χ3n) is 1.68. The van der Waals surface area contributed by atoms with E-state index in [1.807, 2.05) is 4.57 Å². The van der Waals surface area contributed by atoms with Crippen LogP contribution in [-0.2, 0) is 6.54 Å². The number of allylic oxidation sites excluding steroid dienone is 1. The molecule has 0 atom stereocenters. The Kier molecular flexibility index (Phi) is 1.36. The Balaban J connectivity index is 2.50. The van der Waals surface area contributed by atoms with Gasteiger partial charge < -0.3 is 15.6 Å². The van der Waals surface area contributed by atoms with Crippen molar-refractivity contribution in [3.63, 3.8) is 0 Å². The summed E-state index contributed by atoms with van der Waals surface area (Å²) in [7, 11) is 0. The van der Waals surface area contributed by atoms with Crippen molar-refractivity contribution in [3.05, 3.63) is 29.8 Å². The van der Waals surface area contributed by atoms with Gasteiger partial charge in [0.05, 0.1) is 12.9 Å². The van der Waals surface area contributed by atoms with E-state index in [2.05, 4.69) is 10.3 Å². The molecule has 0 radical (unpaired) electrons. The molecule has 12 heavy (non-hydrogen) atoms. The molecule has 5 heteroatoms. The second-order valence-electron chi connectivity index (χ2n) is 2.65. The van der Waals surface area contributed by atoms with Crippen molar-refractivity contribution in [2.75, 3.05) is 5.32 Å². The standard InChI is InChI=1S/C7H9N5/c8-5-2-10-7-1-6(9)11-4-12(7)3-5/h1-2,4,9-10H,3,8H2. The molecule has 0 spiro atoms. The number of nitrogens with two attached hydrogens (primary N) is 1. The summed E-state index contributed by atoms with van der Waals surface area (Å²) in [5.74, 6) is 0.851. The quantitative estimate of drug-likeness (QED) is 0.486. The Morgan fingerprint density at radius 1 is 1.67 bits per heavy atom. The van der Waals surface area contributed by atoms with Crippen molar-refractivity contribution in [1.82, 2.24) is 9.55 Å². The van der Waals surface area contributed by atoms with Crippen LogP contribution in [0.1, 0.15) is 0 Å². The van der Waals surface area contributed by atoms with E-state index in [0.29, 0.717) is 6.54 Å². The van der Waals surface area contributed by atoms with Gasteiger partial charge in [0.25, 0.3) is 0 Å². The van der Waals surface area contributed by atoms with Crippen LogP contribution in [0.25, 0.3) is 0 Å². The molecule has 1 aliphatic rings. The van der Waals surface area contributed by atoms with E-state index in [9.17, 15) is 0 Å². The maximum absolute atomic E-state index is 7.27. The van der Waals surface area contributed by atoms with Crippen LogP contribution >= 0.6 is 0 Å². The molecule has 62 valence electrons. The number of aromatic nitrogens is 2. The summed E-state index contributed by atoms with van der Waals surface area (Å²) in [6.45, 7) is 0.635. The van der Waals surface area contributed by atoms with E-state index < -0.39 is 0 Å². The molecule has 0 aliphatic carbocycles. The minimum absolute atomic E-state index is 0.252. The Hall–Kier alpha value is -1.78. The zero-order valence-corrected chi connectivity index (χ0v) is 6.41. The molecule has 0 unspecified atom stereocenters. The van der Waals surface area contributed by atoms with Gasteiger partial charge in [-0.3, -0.25) is 5.41 Å². The predicted molar refractivity (Wildman–Crippen MR) is 44.0 cm³/mol. The monoisotopic (exact) mass is 163 g/mol. The molecule has 5 nitrogen and oxygen atoms in total. The summed E-state index contributed by atoms with van der Waals surface area (Å²) >= 11 is 0. The van der Waals surface area contributed by atoms with Crippen molar-refractivity contribution in [2.24, 2.45) is 5.73 Å². The second-order valence-corrected chi connectivity index (χ2v) is 2.65. The van der Waals surface area contributed by atoms with Crippen molar-refractivity contribution in [3.8, 4) is 0 Å². The van der Waals surface area contributed by atoms with Crippen LogP contribution in [-0.4, -0.2) is 9.55 Å². The van der Waals surface area contributed by atoms with Gasteiger partial charge in [-0.2, -0.15) is 0 Å². The fourth-order valence-corrected chi connectivity index (χ4v) is 1.10. The lowest BCUT2D eigenvalue weighted by Crippen LogP contribution is -2.21. The van der Waals surface area contributed by atoms with Gasteiger partial charge in [-0.1, -0.05) is 0 Å². The molecular weight excluding hydrogens is 154 g/mol. The highest BCUT2D eigenvalue weighted by Crippen LogP contribution is 2.09. The minimum atomic E-state index is 0.252. The second kappa shape index (κ2) is 2.37. The number of anilines is 1. The van der Waals surface area contributed by atoms with Gasteiger partial charge in [0.2, 0.25) is 0 Å². The predicted octanol–water partition coefficient (Wildman–Crippen LogP) is -0.412. The molecule has 2 rings (SSSR count). The number of nitrogens with zero attached hydrogens (tertiary/aromatic N) is 2. The van der Waals surface area contributed by atoms with Crippen LogP contribution in [0.2, 0.25) is 0 Å². The van der Waals surface area contributed by atoms with Crippen LogP contribution in [0.15, 0.2) is 24.3 Å². The molecule has 0 saturated carbocycles. The first-order chi connectivity index (χ1) is 5.75. The SMILES string of the molecule is N=c1cc2n(cn1)CC(N)=CN2. The Morgan fingerprint density at radius 3 is 3.33 bits per heavy atom. The zero-order chi connectivity index (χ0) is 8.55. The van der Waals surface area contributed by atoms with Crippen molar-refractivity contribution in [2.45, 2.75) is 6.54 Å². The van der Waals surface area contributed by atoms with Gasteiger partial charge in [0.1, 0.15) is 11.3 Å². The van der Waals surface area contributed by atoms with Crippen LogP contribution in [0.3, 0.4) is 0 Å². The summed E-state index contributed by atoms with van der Waals surface area (Å²) in [4.78, 5) is 3.83. The average molecular weight is 163 g/mol. The average Bonchev–Trinajstić information content (AvgIpc) is 2.05. The lowest BCUT2D eigenvalue weighted by molar-refractivity contribution is 0.729. The van der Waals surface area contributed by atoms with E-state index in [-0.39, 0.29) is 5.49 Å². The normalized spacial score (nSPS) is 14.5. The van der Waals surface area contributed by atoms with Crippen LogP contribution in [0.4, 0.5) is 5.82 Å². The zero-order valence-electron chi connectivity index (χ0n) is 6.41. The fourth-order valence-electron chi connectivity index (χ4n) is 1.10. The first kappa shape index (κ1) is 6.90. The number of hydrogen-bond donors (Lipinski definition) is 3. The summed E-state index contributed by atoms with van der Waals surface area (Å²) in [6.07, 6.45) is 3.33. The Morgan fingerprint density at radius 2 is 2.50 bits per heavy atom. The molecule has 0 aromatic carbocycles. The number of rotatable bonds is 0. The van der Waals surface area contributed by atoms with E-state index in [1.54, 1.807) is 18.6 Å². The molecule has 2 heterocycles. The molecule has 0 fully saturated rings. The van der Waals surface area contributed by atoms with Gasteiger partial charge in [0, 0.05) is 18.0 Å². The summed E-state index contributed by atoms with van der Waals surface area (Å²) < 4.78 is 1.85. The number of fused-ring (bicyclic) bond motifs is 1. The third-order valence-corrected chi connectivity index (χ3v) is 1.68. The molecule has 1 aliphatic heterocycles. The van der Waals surface area contributed by atoms with Crippen molar-refractivity contribution < 1.29 is 0 Å².